The molecular weight excluding hydrogens is 677 g/mol. The molecule has 0 aliphatic heterocycles. The second-order valence-corrected chi connectivity index (χ2v) is 14.7. The SMILES string of the molecule is Cc1cccc(-c2ccccc2)c1N(c1ccccc1)c1cc2ccc3cc(N(c4ccccc4)c4c(C)cccc4-c4ccccc4)cc4ccc(c1)c2c34. The zero-order valence-corrected chi connectivity index (χ0v) is 31.5. The van der Waals surface area contributed by atoms with Gasteiger partial charge in [-0.1, -0.05) is 158 Å². The van der Waals surface area contributed by atoms with Crippen molar-refractivity contribution in [2.24, 2.45) is 0 Å². The molecule has 0 unspecified atom stereocenters. The summed E-state index contributed by atoms with van der Waals surface area (Å²) in [6, 6.07) is 75.0. The van der Waals surface area contributed by atoms with Gasteiger partial charge in [0.2, 0.25) is 0 Å². The Labute approximate surface area is 328 Å². The summed E-state index contributed by atoms with van der Waals surface area (Å²) in [5.41, 5.74) is 14.2. The van der Waals surface area contributed by atoms with Crippen molar-refractivity contribution in [3.63, 3.8) is 0 Å². The van der Waals surface area contributed by atoms with Crippen molar-refractivity contribution in [3.05, 3.63) is 217 Å². The highest BCUT2D eigenvalue weighted by Gasteiger charge is 2.23. The van der Waals surface area contributed by atoms with Crippen molar-refractivity contribution >= 4 is 66.4 Å². The van der Waals surface area contributed by atoms with Crippen LogP contribution in [0.5, 0.6) is 0 Å². The van der Waals surface area contributed by atoms with Gasteiger partial charge in [0, 0.05) is 33.9 Å². The van der Waals surface area contributed by atoms with Crippen LogP contribution in [0.25, 0.3) is 54.6 Å². The van der Waals surface area contributed by atoms with Gasteiger partial charge in [-0.25, -0.2) is 0 Å². The van der Waals surface area contributed by atoms with E-state index in [0.717, 1.165) is 22.7 Å². The molecule has 10 rings (SSSR count). The molecule has 0 aliphatic rings. The first-order valence-corrected chi connectivity index (χ1v) is 19.4. The summed E-state index contributed by atoms with van der Waals surface area (Å²) >= 11 is 0. The van der Waals surface area contributed by atoms with Crippen LogP contribution in [0.15, 0.2) is 206 Å². The molecule has 0 N–H and O–H groups in total. The predicted octanol–water partition coefficient (Wildman–Crippen LogP) is 15.5. The van der Waals surface area contributed by atoms with Gasteiger partial charge in [-0.15, -0.1) is 0 Å². The first-order chi connectivity index (χ1) is 27.6. The zero-order valence-electron chi connectivity index (χ0n) is 31.5. The van der Waals surface area contributed by atoms with Crippen molar-refractivity contribution in [2.75, 3.05) is 9.80 Å². The summed E-state index contributed by atoms with van der Waals surface area (Å²) in [7, 11) is 0. The van der Waals surface area contributed by atoms with Crippen LogP contribution in [0.3, 0.4) is 0 Å². The van der Waals surface area contributed by atoms with Crippen LogP contribution in [0.4, 0.5) is 34.1 Å². The number of hydrogen-bond donors (Lipinski definition) is 0. The summed E-state index contributed by atoms with van der Waals surface area (Å²) in [6.45, 7) is 4.44. The largest absolute Gasteiger partial charge is 0.310 e. The van der Waals surface area contributed by atoms with Crippen LogP contribution < -0.4 is 9.80 Å². The average Bonchev–Trinajstić information content (AvgIpc) is 3.25. The quantitative estimate of drug-likeness (QED) is 0.144. The lowest BCUT2D eigenvalue weighted by Gasteiger charge is -2.31. The van der Waals surface area contributed by atoms with Crippen LogP contribution >= 0.6 is 0 Å². The summed E-state index contributed by atoms with van der Waals surface area (Å²) in [6.07, 6.45) is 0. The molecule has 0 bridgehead atoms. The number of benzene rings is 10. The van der Waals surface area contributed by atoms with E-state index in [1.54, 1.807) is 0 Å². The van der Waals surface area contributed by atoms with Gasteiger partial charge in [-0.2, -0.15) is 0 Å². The Hall–Kier alpha value is -7.16. The lowest BCUT2D eigenvalue weighted by atomic mass is 9.92. The van der Waals surface area contributed by atoms with E-state index in [-0.39, 0.29) is 0 Å². The standard InChI is InChI=1S/C54H40N2/c1-37-17-15-27-49(39-19-7-3-8-20-39)53(37)55(45-23-11-5-12-24-45)47-33-41-29-31-43-35-48(36-44-32-30-42(34-47)51(41)52(43)44)56(46-25-13-6-14-26-46)54-38(2)18-16-28-50(54)40-21-9-4-10-22-40/h3-36H,1-2H3. The molecular formula is C54H40N2. The van der Waals surface area contributed by atoms with Crippen LogP contribution in [0, 0.1) is 13.8 Å². The predicted molar refractivity (Wildman–Crippen MR) is 240 cm³/mol. The van der Waals surface area contributed by atoms with E-state index in [4.69, 9.17) is 0 Å². The maximum Gasteiger partial charge on any atom is 0.0569 e. The number of anilines is 6. The maximum absolute atomic E-state index is 2.44. The highest BCUT2D eigenvalue weighted by atomic mass is 15.2. The highest BCUT2D eigenvalue weighted by Crippen LogP contribution is 2.48. The monoisotopic (exact) mass is 716 g/mol. The molecule has 2 heteroatoms. The van der Waals surface area contributed by atoms with Crippen LogP contribution in [0.1, 0.15) is 11.1 Å². The molecule has 266 valence electrons. The van der Waals surface area contributed by atoms with Crippen molar-refractivity contribution in [1.82, 2.24) is 0 Å². The van der Waals surface area contributed by atoms with Gasteiger partial charge in [0.1, 0.15) is 0 Å². The first kappa shape index (κ1) is 33.4. The molecule has 0 aliphatic carbocycles. The zero-order chi connectivity index (χ0) is 37.6. The minimum Gasteiger partial charge on any atom is -0.310 e. The molecule has 0 spiro atoms. The summed E-state index contributed by atoms with van der Waals surface area (Å²) in [5, 5.41) is 7.49. The minimum absolute atomic E-state index is 1.13. The van der Waals surface area contributed by atoms with Crippen molar-refractivity contribution in [2.45, 2.75) is 13.8 Å². The average molecular weight is 717 g/mol. The van der Waals surface area contributed by atoms with E-state index in [1.807, 2.05) is 0 Å². The van der Waals surface area contributed by atoms with Crippen LogP contribution in [0.2, 0.25) is 0 Å². The van der Waals surface area contributed by atoms with Crippen LogP contribution in [-0.2, 0) is 0 Å². The van der Waals surface area contributed by atoms with E-state index < -0.39 is 0 Å². The molecule has 0 saturated carbocycles. The molecule has 56 heavy (non-hydrogen) atoms. The topological polar surface area (TPSA) is 6.48 Å². The normalized spacial score (nSPS) is 11.4. The Morgan fingerprint density at radius 2 is 0.607 bits per heavy atom. The Bertz CT molecular complexity index is 2700. The number of hydrogen-bond acceptors (Lipinski definition) is 2. The molecule has 0 radical (unpaired) electrons. The third kappa shape index (κ3) is 5.75. The second-order valence-electron chi connectivity index (χ2n) is 14.7. The molecule has 10 aromatic carbocycles. The van der Waals surface area contributed by atoms with Gasteiger partial charge in [-0.05, 0) is 117 Å². The minimum atomic E-state index is 1.13. The lowest BCUT2D eigenvalue weighted by molar-refractivity contribution is 1.26. The Balaban J connectivity index is 1.17. The van der Waals surface area contributed by atoms with Crippen molar-refractivity contribution < 1.29 is 0 Å². The van der Waals surface area contributed by atoms with Gasteiger partial charge in [-0.3, -0.25) is 0 Å². The van der Waals surface area contributed by atoms with Gasteiger partial charge in [0.25, 0.3) is 0 Å². The molecule has 0 heterocycles. The fraction of sp³-hybridized carbons (Fsp3) is 0.0370. The highest BCUT2D eigenvalue weighted by molar-refractivity contribution is 6.25. The first-order valence-electron chi connectivity index (χ1n) is 19.4. The molecule has 2 nitrogen and oxygen atoms in total. The maximum atomic E-state index is 2.44. The van der Waals surface area contributed by atoms with E-state index in [9.17, 15) is 0 Å². The van der Waals surface area contributed by atoms with Gasteiger partial charge >= 0.3 is 0 Å². The molecule has 0 amide bonds. The van der Waals surface area contributed by atoms with Gasteiger partial charge in [0.15, 0.2) is 0 Å². The van der Waals surface area contributed by atoms with Gasteiger partial charge < -0.3 is 9.80 Å². The number of rotatable bonds is 8. The molecule has 0 atom stereocenters. The number of aryl methyl sites for hydroxylation is 2. The van der Waals surface area contributed by atoms with E-state index in [2.05, 4.69) is 230 Å². The molecule has 0 aromatic heterocycles. The smallest absolute Gasteiger partial charge is 0.0569 e. The Kier molecular flexibility index (Phi) is 8.30. The summed E-state index contributed by atoms with van der Waals surface area (Å²) < 4.78 is 0. The number of nitrogens with zero attached hydrogens (tertiary/aromatic N) is 2. The fourth-order valence-electron chi connectivity index (χ4n) is 8.64. The third-order valence-corrected chi connectivity index (χ3v) is 11.1. The molecule has 0 fully saturated rings. The van der Waals surface area contributed by atoms with Crippen molar-refractivity contribution in [3.8, 4) is 22.3 Å². The molecule has 10 aromatic rings. The van der Waals surface area contributed by atoms with Crippen LogP contribution in [-0.4, -0.2) is 0 Å². The number of para-hydroxylation sites is 4. The van der Waals surface area contributed by atoms with Crippen molar-refractivity contribution in [1.29, 1.82) is 0 Å². The lowest BCUT2D eigenvalue weighted by Crippen LogP contribution is -2.13. The third-order valence-electron chi connectivity index (χ3n) is 11.1. The van der Waals surface area contributed by atoms with E-state index in [0.29, 0.717) is 0 Å². The summed E-state index contributed by atoms with van der Waals surface area (Å²) in [4.78, 5) is 4.88. The Morgan fingerprint density at radius 1 is 0.286 bits per heavy atom. The second kappa shape index (κ2) is 13.9. The summed E-state index contributed by atoms with van der Waals surface area (Å²) in [5.74, 6) is 0. The van der Waals surface area contributed by atoms with Gasteiger partial charge in [0.05, 0.1) is 11.4 Å². The van der Waals surface area contributed by atoms with E-state index >= 15 is 0 Å². The Morgan fingerprint density at radius 3 is 0.946 bits per heavy atom. The fourth-order valence-corrected chi connectivity index (χ4v) is 8.64. The van der Waals surface area contributed by atoms with E-state index in [1.165, 1.54) is 77.1 Å². The molecule has 0 saturated heterocycles.